The Balaban J connectivity index is 0.000000541. The van der Waals surface area contributed by atoms with Crippen LogP contribution < -0.4 is 21.3 Å². The van der Waals surface area contributed by atoms with Crippen LogP contribution in [0.3, 0.4) is 0 Å². The third kappa shape index (κ3) is 6.29. The van der Waals surface area contributed by atoms with Crippen LogP contribution in [0.4, 0.5) is 71.5 Å². The van der Waals surface area contributed by atoms with Gasteiger partial charge in [0.2, 0.25) is 0 Å². The molecular weight excluding hydrogens is 706 g/mol. The molecule has 1 nitrogen and oxygen atoms in total. The fourth-order valence-corrected chi connectivity index (χ4v) is 5.64. The maximum Gasteiger partial charge on any atom is 0.200 e. The average Bonchev–Trinajstić information content (AvgIpc) is 3.11. The summed E-state index contributed by atoms with van der Waals surface area (Å²) in [6, 6.07) is 15.3. The van der Waals surface area contributed by atoms with Gasteiger partial charge in [-0.2, -0.15) is 0 Å². The van der Waals surface area contributed by atoms with Crippen molar-refractivity contribution in [2.24, 2.45) is 0 Å². The predicted octanol–water partition coefficient (Wildman–Crippen LogP) is 6.49. The molecule has 1 N–H and O–H groups in total. The summed E-state index contributed by atoms with van der Waals surface area (Å²) in [5, 5.41) is 0. The highest BCUT2D eigenvalue weighted by Gasteiger charge is 2.48. The Kier molecular flexibility index (Phi) is 11.0. The van der Waals surface area contributed by atoms with Gasteiger partial charge < -0.3 is 4.90 Å². The van der Waals surface area contributed by atoms with Gasteiger partial charge in [0.15, 0.2) is 52.4 Å². The van der Waals surface area contributed by atoms with Crippen molar-refractivity contribution < 1.29 is 70.8 Å². The van der Waals surface area contributed by atoms with Crippen LogP contribution in [0.25, 0.3) is 0 Å². The fourth-order valence-electron chi connectivity index (χ4n) is 5.64. The summed E-state index contributed by atoms with van der Waals surface area (Å²) in [6.07, 6.45) is -7.42. The number of hydrogen-bond donors (Lipinski definition) is 1. The lowest BCUT2D eigenvalue weighted by molar-refractivity contribution is -0.786. The molecular formula is C33H19BF15N. The maximum absolute atomic E-state index is 15.3. The van der Waals surface area contributed by atoms with E-state index in [-0.39, 0.29) is 0 Å². The Bertz CT molecular complexity index is 1820. The van der Waals surface area contributed by atoms with Crippen molar-refractivity contribution in [3.05, 3.63) is 153 Å². The normalized spacial score (nSPS) is 11.6. The lowest BCUT2D eigenvalue weighted by Gasteiger charge is -2.44. The molecule has 0 aliphatic carbocycles. The number of hydrogen-bond acceptors (Lipinski definition) is 0. The second-order valence-electron chi connectivity index (χ2n) is 11.1. The largest absolute Gasteiger partial charge is 0.307 e. The number of halogens is 15. The molecule has 0 spiro atoms. The average molecular weight is 725 g/mol. The Morgan fingerprint density at radius 1 is 0.360 bits per heavy atom. The Morgan fingerprint density at radius 2 is 0.600 bits per heavy atom. The molecule has 0 saturated carbocycles. The zero-order valence-electron chi connectivity index (χ0n) is 25.2. The van der Waals surface area contributed by atoms with Crippen molar-refractivity contribution in [2.45, 2.75) is 6.32 Å². The van der Waals surface area contributed by atoms with E-state index in [9.17, 15) is 39.5 Å². The summed E-state index contributed by atoms with van der Waals surface area (Å²) >= 11 is 0. The first-order chi connectivity index (χ1) is 23.4. The highest BCUT2D eigenvalue weighted by Crippen LogP contribution is 2.30. The molecule has 0 unspecified atom stereocenters. The number of quaternary nitrogens is 1. The van der Waals surface area contributed by atoms with E-state index in [2.05, 4.69) is 38.4 Å². The first-order valence-corrected chi connectivity index (χ1v) is 14.0. The minimum Gasteiger partial charge on any atom is -0.307 e. The van der Waals surface area contributed by atoms with Gasteiger partial charge in [0.25, 0.3) is 0 Å². The molecule has 0 heterocycles. The summed E-state index contributed by atoms with van der Waals surface area (Å²) in [7, 11) is 4.24. The summed E-state index contributed by atoms with van der Waals surface area (Å²) in [5.41, 5.74) is -7.16. The van der Waals surface area contributed by atoms with E-state index in [1.54, 1.807) is 0 Å². The second-order valence-corrected chi connectivity index (χ2v) is 11.1. The summed E-state index contributed by atoms with van der Waals surface area (Å²) < 4.78 is 220. The van der Waals surface area contributed by atoms with Crippen LogP contribution in [0.1, 0.15) is 5.56 Å². The molecule has 0 amide bonds. The van der Waals surface area contributed by atoms with E-state index in [1.807, 2.05) is 6.07 Å². The van der Waals surface area contributed by atoms with Crippen molar-refractivity contribution in [3.63, 3.8) is 0 Å². The van der Waals surface area contributed by atoms with Gasteiger partial charge in [-0.1, -0.05) is 54.1 Å². The van der Waals surface area contributed by atoms with E-state index < -0.39 is 122 Å². The zero-order valence-corrected chi connectivity index (χ0v) is 25.2. The topological polar surface area (TPSA) is 4.44 Å². The molecule has 0 radical (unpaired) electrons. The van der Waals surface area contributed by atoms with Gasteiger partial charge in [-0.05, 0) is 12.1 Å². The molecule has 5 rings (SSSR count). The Labute approximate surface area is 273 Å². The van der Waals surface area contributed by atoms with Crippen LogP contribution in [-0.2, 0) is 6.32 Å². The van der Waals surface area contributed by atoms with Crippen molar-refractivity contribution in [2.75, 3.05) is 14.1 Å². The minimum absolute atomic E-state index is 0.607. The molecule has 17 heteroatoms. The fraction of sp³-hybridized carbons (Fsp3) is 0.0909. The number of benzene rings is 5. The SMILES string of the molecule is C[NH+](C)c1ccccc1.Fc1c(F)c(F)c([B-](Cc2ccccc2)(c2c(F)c(F)c(F)c(F)c2F)c2c(F)c(F)c(F)c(F)c2F)c(F)c1F. The van der Waals surface area contributed by atoms with Crippen molar-refractivity contribution >= 4 is 28.2 Å². The van der Waals surface area contributed by atoms with E-state index in [4.69, 9.17) is 0 Å². The van der Waals surface area contributed by atoms with Gasteiger partial charge in [0.1, 0.15) is 46.7 Å². The van der Waals surface area contributed by atoms with Crippen molar-refractivity contribution in [3.8, 4) is 0 Å². The van der Waals surface area contributed by atoms with E-state index in [0.717, 1.165) is 24.3 Å². The Morgan fingerprint density at radius 3 is 0.840 bits per heavy atom. The quantitative estimate of drug-likeness (QED) is 0.0885. The van der Waals surface area contributed by atoms with Gasteiger partial charge in [-0.25, -0.2) is 65.9 Å². The predicted molar refractivity (Wildman–Crippen MR) is 152 cm³/mol. The van der Waals surface area contributed by atoms with Gasteiger partial charge in [-0.3, -0.25) is 0 Å². The highest BCUT2D eigenvalue weighted by molar-refractivity contribution is 7.11. The minimum atomic E-state index is -5.59. The van der Waals surface area contributed by atoms with Gasteiger partial charge in [0.05, 0.1) is 14.1 Å². The maximum atomic E-state index is 15.3. The van der Waals surface area contributed by atoms with Gasteiger partial charge >= 0.3 is 0 Å². The molecule has 0 fully saturated rings. The lowest BCUT2D eigenvalue weighted by atomic mass is 9.13. The van der Waals surface area contributed by atoms with Crippen LogP contribution >= 0.6 is 0 Å². The summed E-state index contributed by atoms with van der Waals surface area (Å²) in [4.78, 5) is 1.37. The van der Waals surface area contributed by atoms with E-state index in [1.165, 1.54) is 16.7 Å². The molecule has 0 atom stereocenters. The Hall–Kier alpha value is -4.93. The van der Waals surface area contributed by atoms with Crippen LogP contribution in [0.2, 0.25) is 0 Å². The summed E-state index contributed by atoms with van der Waals surface area (Å²) in [5.74, 6) is -45.2. The van der Waals surface area contributed by atoms with Gasteiger partial charge in [0, 0.05) is 0 Å². The van der Waals surface area contributed by atoms with Gasteiger partial charge in [-0.15, -0.1) is 22.7 Å². The molecule has 0 aromatic heterocycles. The van der Waals surface area contributed by atoms with E-state index >= 15 is 26.3 Å². The van der Waals surface area contributed by atoms with Crippen molar-refractivity contribution in [1.82, 2.24) is 0 Å². The molecule has 5 aromatic carbocycles. The molecule has 5 aromatic rings. The van der Waals surface area contributed by atoms with Crippen LogP contribution in [0, 0.1) is 87.3 Å². The molecule has 0 bridgehead atoms. The van der Waals surface area contributed by atoms with Crippen molar-refractivity contribution in [1.29, 1.82) is 0 Å². The molecule has 0 aliphatic heterocycles. The molecule has 264 valence electrons. The molecule has 50 heavy (non-hydrogen) atoms. The number of rotatable bonds is 6. The first kappa shape index (κ1) is 37.9. The second kappa shape index (κ2) is 14.5. The summed E-state index contributed by atoms with van der Waals surface area (Å²) in [6.45, 7) is 0. The monoisotopic (exact) mass is 725 g/mol. The number of nitrogens with one attached hydrogen (secondary N) is 1. The first-order valence-electron chi connectivity index (χ1n) is 14.0. The van der Waals surface area contributed by atoms with Crippen LogP contribution in [-0.4, -0.2) is 20.2 Å². The lowest BCUT2D eigenvalue weighted by Crippen LogP contribution is -3.00. The third-order valence-electron chi connectivity index (χ3n) is 7.95. The number of para-hydroxylation sites is 1. The third-order valence-corrected chi connectivity index (χ3v) is 7.95. The van der Waals surface area contributed by atoms with Crippen LogP contribution in [0.15, 0.2) is 60.7 Å². The van der Waals surface area contributed by atoms with Crippen LogP contribution in [0.5, 0.6) is 0 Å². The zero-order chi connectivity index (χ0) is 37.4. The smallest absolute Gasteiger partial charge is 0.200 e. The molecule has 0 saturated heterocycles. The highest BCUT2D eigenvalue weighted by atomic mass is 19.2. The van der Waals surface area contributed by atoms with E-state index in [0.29, 0.717) is 0 Å². The standard InChI is InChI=1S/C25H7BF15.C8H11N/c27-11-8(12(28)18(34)23(39)17(11)33)26(6-7-4-2-1-3-5-7,9-13(29)19(35)24(40)20(36)14(9)30)10-15(31)21(37)25(41)22(38)16(10)32;1-9(2)8-6-4-3-5-7-8/h1-5H,6H2;3-7H,1-2H3/q-1;/p+1. The molecule has 0 aliphatic rings.